The minimum absolute atomic E-state index is 0.00671. The Hall–Kier alpha value is -2.92. The maximum Gasteiger partial charge on any atom is 0.226 e. The molecule has 1 aromatic heterocycles. The molecule has 33 heavy (non-hydrogen) atoms. The molecule has 2 aromatic carbocycles. The molecule has 3 aromatic rings. The molecule has 5 heteroatoms. The van der Waals surface area contributed by atoms with Crippen LogP contribution in [0.5, 0.6) is 5.75 Å². The second-order valence-electron chi connectivity index (χ2n) is 9.67. The van der Waals surface area contributed by atoms with Crippen molar-refractivity contribution in [1.82, 2.24) is 4.98 Å². The molecule has 1 N–H and O–H groups in total. The Morgan fingerprint density at radius 2 is 1.79 bits per heavy atom. The molecule has 0 spiro atoms. The van der Waals surface area contributed by atoms with Crippen molar-refractivity contribution in [3.05, 3.63) is 71.1 Å². The number of Topliss-reactive ketones (excluding diaryl/α,β-unsaturated/α-hetero) is 1. The smallest absolute Gasteiger partial charge is 0.226 e. The number of ether oxygens (including phenoxy) is 1. The second kappa shape index (κ2) is 11.3. The molecular formula is C28H35NO4. The van der Waals surface area contributed by atoms with Gasteiger partial charge in [0.05, 0.1) is 12.3 Å². The molecule has 1 heterocycles. The van der Waals surface area contributed by atoms with Crippen LogP contribution in [0.15, 0.2) is 52.9 Å². The zero-order chi connectivity index (χ0) is 23.8. The maximum atomic E-state index is 12.3. The van der Waals surface area contributed by atoms with Gasteiger partial charge < -0.3 is 14.3 Å². The Balaban J connectivity index is 1.58. The van der Waals surface area contributed by atoms with E-state index in [2.05, 4.69) is 25.8 Å². The number of benzene rings is 2. The summed E-state index contributed by atoms with van der Waals surface area (Å²) in [5.41, 5.74) is 3.98. The molecule has 176 valence electrons. The summed E-state index contributed by atoms with van der Waals surface area (Å²) < 4.78 is 11.8. The van der Waals surface area contributed by atoms with Gasteiger partial charge in [-0.15, -0.1) is 0 Å². The van der Waals surface area contributed by atoms with Gasteiger partial charge in [0.2, 0.25) is 5.89 Å². The van der Waals surface area contributed by atoms with Gasteiger partial charge in [0.15, 0.2) is 0 Å². The Morgan fingerprint density at radius 1 is 1.03 bits per heavy atom. The number of carbonyl (C=O) groups is 1. The van der Waals surface area contributed by atoms with Crippen LogP contribution in [-0.2, 0) is 24.1 Å². The lowest BCUT2D eigenvalue weighted by molar-refractivity contribution is -0.120. The van der Waals surface area contributed by atoms with Gasteiger partial charge in [-0.3, -0.25) is 4.79 Å². The molecule has 0 saturated heterocycles. The van der Waals surface area contributed by atoms with Crippen molar-refractivity contribution in [2.45, 2.75) is 59.8 Å². The normalized spacial score (nSPS) is 11.5. The molecule has 0 bridgehead atoms. The summed E-state index contributed by atoms with van der Waals surface area (Å²) in [7, 11) is 0. The van der Waals surface area contributed by atoms with E-state index in [1.54, 1.807) is 0 Å². The van der Waals surface area contributed by atoms with Gasteiger partial charge >= 0.3 is 0 Å². The van der Waals surface area contributed by atoms with E-state index < -0.39 is 0 Å². The van der Waals surface area contributed by atoms with Crippen molar-refractivity contribution >= 4 is 5.78 Å². The highest BCUT2D eigenvalue weighted by Crippen LogP contribution is 2.24. The molecule has 3 rings (SSSR count). The average molecular weight is 450 g/mol. The van der Waals surface area contributed by atoms with E-state index in [4.69, 9.17) is 9.15 Å². The van der Waals surface area contributed by atoms with Crippen LogP contribution >= 0.6 is 0 Å². The summed E-state index contributed by atoms with van der Waals surface area (Å²) >= 11 is 0. The van der Waals surface area contributed by atoms with Crippen LogP contribution in [0, 0.1) is 12.3 Å². The zero-order valence-electron chi connectivity index (χ0n) is 20.2. The third-order valence-electron chi connectivity index (χ3n) is 5.48. The van der Waals surface area contributed by atoms with Gasteiger partial charge in [-0.1, -0.05) is 45.0 Å². The highest BCUT2D eigenvalue weighted by Gasteiger charge is 2.16. The highest BCUT2D eigenvalue weighted by molar-refractivity contribution is 5.79. The van der Waals surface area contributed by atoms with Crippen molar-refractivity contribution in [3.63, 3.8) is 0 Å². The number of hydrogen-bond donors (Lipinski definition) is 1. The van der Waals surface area contributed by atoms with E-state index in [1.165, 1.54) is 0 Å². The molecular weight excluding hydrogens is 414 g/mol. The lowest BCUT2D eigenvalue weighted by Crippen LogP contribution is -2.13. The molecule has 5 nitrogen and oxygen atoms in total. The molecule has 0 unspecified atom stereocenters. The number of aromatic nitrogens is 1. The number of ketones is 1. The van der Waals surface area contributed by atoms with Crippen LogP contribution in [-0.4, -0.2) is 29.1 Å². The van der Waals surface area contributed by atoms with Crippen LogP contribution in [0.1, 0.15) is 56.2 Å². The molecule has 0 atom stereocenters. The zero-order valence-corrected chi connectivity index (χ0v) is 20.2. The molecule has 0 aliphatic carbocycles. The fourth-order valence-corrected chi connectivity index (χ4v) is 3.87. The first-order valence-electron chi connectivity index (χ1n) is 11.6. The van der Waals surface area contributed by atoms with Crippen molar-refractivity contribution in [2.24, 2.45) is 5.41 Å². The summed E-state index contributed by atoms with van der Waals surface area (Å²) in [4.78, 5) is 16.9. The van der Waals surface area contributed by atoms with Gasteiger partial charge in [0, 0.05) is 31.4 Å². The monoisotopic (exact) mass is 449 g/mol. The average Bonchev–Trinajstić information content (AvgIpc) is 3.13. The predicted molar refractivity (Wildman–Crippen MR) is 131 cm³/mol. The lowest BCUT2D eigenvalue weighted by Gasteiger charge is -2.17. The summed E-state index contributed by atoms with van der Waals surface area (Å²) in [5.74, 6) is 2.45. The fraction of sp³-hybridized carbons (Fsp3) is 0.429. The van der Waals surface area contributed by atoms with Gasteiger partial charge in [-0.25, -0.2) is 4.98 Å². The third-order valence-corrected chi connectivity index (χ3v) is 5.48. The van der Waals surface area contributed by atoms with Gasteiger partial charge in [0.1, 0.15) is 17.3 Å². The topological polar surface area (TPSA) is 72.6 Å². The van der Waals surface area contributed by atoms with Gasteiger partial charge in [-0.05, 0) is 60.6 Å². The first-order chi connectivity index (χ1) is 15.7. The summed E-state index contributed by atoms with van der Waals surface area (Å²) in [6.45, 7) is 8.70. The number of oxazole rings is 1. The van der Waals surface area contributed by atoms with E-state index >= 15 is 0 Å². The SMILES string of the molecule is Cc1oc(-c2ccccc2)nc1CCOc1ccc(CCC(=O)CC(C)(C)C)c(CCO)c1. The van der Waals surface area contributed by atoms with Crippen molar-refractivity contribution in [1.29, 1.82) is 0 Å². The number of aliphatic hydroxyl groups is 1. The second-order valence-corrected chi connectivity index (χ2v) is 9.67. The Kier molecular flexibility index (Phi) is 8.45. The predicted octanol–water partition coefficient (Wildman–Crippen LogP) is 5.74. The largest absolute Gasteiger partial charge is 0.493 e. The lowest BCUT2D eigenvalue weighted by atomic mass is 9.88. The van der Waals surface area contributed by atoms with Crippen molar-refractivity contribution < 1.29 is 19.1 Å². The van der Waals surface area contributed by atoms with E-state index in [-0.39, 0.29) is 17.8 Å². The first kappa shape index (κ1) is 24.7. The number of nitrogens with zero attached hydrogens (tertiary/aromatic N) is 1. The molecule has 0 saturated carbocycles. The van der Waals surface area contributed by atoms with Crippen molar-refractivity contribution in [2.75, 3.05) is 13.2 Å². The van der Waals surface area contributed by atoms with Crippen LogP contribution in [0.25, 0.3) is 11.5 Å². The number of aryl methyl sites for hydroxylation is 2. The number of carbonyl (C=O) groups excluding carboxylic acids is 1. The summed E-state index contributed by atoms with van der Waals surface area (Å²) in [5, 5.41) is 9.49. The van der Waals surface area contributed by atoms with E-state index in [0.29, 0.717) is 44.6 Å². The Bertz CT molecular complexity index is 1050. The molecule has 0 amide bonds. The van der Waals surface area contributed by atoms with Crippen LogP contribution in [0.2, 0.25) is 0 Å². The van der Waals surface area contributed by atoms with Crippen LogP contribution in [0.3, 0.4) is 0 Å². The third kappa shape index (κ3) is 7.57. The van der Waals surface area contributed by atoms with Crippen molar-refractivity contribution in [3.8, 4) is 17.2 Å². The molecule has 0 fully saturated rings. The number of rotatable bonds is 11. The van der Waals surface area contributed by atoms with Gasteiger partial charge in [-0.2, -0.15) is 0 Å². The Labute approximate surface area is 196 Å². The minimum atomic E-state index is 0.00671. The Morgan fingerprint density at radius 3 is 2.48 bits per heavy atom. The maximum absolute atomic E-state index is 12.3. The van der Waals surface area contributed by atoms with Crippen LogP contribution in [0.4, 0.5) is 0 Å². The summed E-state index contributed by atoms with van der Waals surface area (Å²) in [6, 6.07) is 15.8. The van der Waals surface area contributed by atoms with E-state index in [1.807, 2.05) is 55.5 Å². The minimum Gasteiger partial charge on any atom is -0.493 e. The number of aliphatic hydroxyl groups excluding tert-OH is 1. The highest BCUT2D eigenvalue weighted by atomic mass is 16.5. The molecule has 0 aliphatic heterocycles. The standard InChI is InChI=1S/C28H35NO4/c1-20-26(29-27(33-20)22-8-6-5-7-9-22)15-17-32-25-13-11-21(23(18-25)14-16-30)10-12-24(31)19-28(2,3)4/h5-9,11,13,18,30H,10,12,14-17,19H2,1-4H3. The fourth-order valence-electron chi connectivity index (χ4n) is 3.87. The molecule has 0 radical (unpaired) electrons. The molecule has 0 aliphatic rings. The first-order valence-corrected chi connectivity index (χ1v) is 11.6. The summed E-state index contributed by atoms with van der Waals surface area (Å²) in [6.07, 6.45) is 2.97. The van der Waals surface area contributed by atoms with E-state index in [0.717, 1.165) is 33.9 Å². The quantitative estimate of drug-likeness (QED) is 0.404. The number of hydrogen-bond acceptors (Lipinski definition) is 5. The van der Waals surface area contributed by atoms with Gasteiger partial charge in [0.25, 0.3) is 0 Å². The van der Waals surface area contributed by atoms with E-state index in [9.17, 15) is 9.90 Å². The van der Waals surface area contributed by atoms with Crippen LogP contribution < -0.4 is 4.74 Å².